The molecule has 42 heavy (non-hydrogen) atoms. The van der Waals surface area contributed by atoms with E-state index in [9.17, 15) is 19.1 Å². The van der Waals surface area contributed by atoms with E-state index in [4.69, 9.17) is 5.11 Å². The third-order valence-electron chi connectivity index (χ3n) is 7.89. The number of halogens is 3. The van der Waals surface area contributed by atoms with Gasteiger partial charge in [-0.1, -0.05) is 23.8 Å². The van der Waals surface area contributed by atoms with Gasteiger partial charge in [-0.3, -0.25) is 4.79 Å². The van der Waals surface area contributed by atoms with Crippen LogP contribution < -0.4 is 10.6 Å². The number of likely N-dealkylation sites (tertiary alicyclic amines) is 1. The number of nitrogens with zero attached hydrogens (tertiary/aromatic N) is 1. The second-order valence-corrected chi connectivity index (χ2v) is 10.9. The van der Waals surface area contributed by atoms with Gasteiger partial charge in [0.05, 0.1) is 5.60 Å². The fourth-order valence-corrected chi connectivity index (χ4v) is 5.83. The van der Waals surface area contributed by atoms with Crippen LogP contribution in [-0.4, -0.2) is 53.8 Å². The molecule has 4 rings (SSSR count). The molecule has 7 nitrogen and oxygen atoms in total. The molecule has 0 aliphatic carbocycles. The second kappa shape index (κ2) is 13.4. The molecular weight excluding hydrogens is 547 g/mol. The van der Waals surface area contributed by atoms with E-state index in [0.29, 0.717) is 43.1 Å². The summed E-state index contributed by atoms with van der Waals surface area (Å²) in [6.45, 7) is 2.87. The van der Waals surface area contributed by atoms with Gasteiger partial charge < -0.3 is 25.7 Å². The first-order chi connectivity index (χ1) is 20.0. The Bertz CT molecular complexity index is 1430. The first kappa shape index (κ1) is 31.1. The van der Waals surface area contributed by atoms with Gasteiger partial charge in [-0.05, 0) is 81.1 Å². The molecule has 0 spiro atoms. The standard InChI is InChI=1S/C32H36F3N3O4/c1-20-6-11-27(34)25(15-20)29-26(16-24(33)17-28(29)35)32(42,12-4-13-37-31(40)41)23-5-3-14-38(19-23)30(39)22-9-7-21(8-10-22)18-36-2/h6-11,15-17,23,36-37,42H,3-5,12-14,18-19H2,1-2H3,(H,40,41)/t23-,32?/m1/s1. The van der Waals surface area contributed by atoms with Crippen molar-refractivity contribution >= 4 is 12.0 Å². The first-order valence-electron chi connectivity index (χ1n) is 14.0. The SMILES string of the molecule is CNCc1ccc(C(=O)N2CCC[C@@H](C(O)(CCCNC(=O)O)c3cc(F)cc(F)c3-c3cc(C)ccc3F)C2)cc1. The van der Waals surface area contributed by atoms with Gasteiger partial charge in [0.25, 0.3) is 5.91 Å². The average molecular weight is 584 g/mol. The molecule has 0 bridgehead atoms. The number of hydrogen-bond donors (Lipinski definition) is 4. The van der Waals surface area contributed by atoms with Gasteiger partial charge in [0.1, 0.15) is 17.5 Å². The highest BCUT2D eigenvalue weighted by atomic mass is 19.1. The zero-order valence-corrected chi connectivity index (χ0v) is 23.7. The fourth-order valence-electron chi connectivity index (χ4n) is 5.83. The highest BCUT2D eigenvalue weighted by Crippen LogP contribution is 2.45. The third kappa shape index (κ3) is 6.94. The average Bonchev–Trinajstić information content (AvgIpc) is 2.96. The van der Waals surface area contributed by atoms with Gasteiger partial charge >= 0.3 is 6.09 Å². The van der Waals surface area contributed by atoms with E-state index in [1.54, 1.807) is 24.0 Å². The predicted octanol–water partition coefficient (Wildman–Crippen LogP) is 5.59. The highest BCUT2D eigenvalue weighted by molar-refractivity contribution is 5.94. The summed E-state index contributed by atoms with van der Waals surface area (Å²) in [4.78, 5) is 26.1. The van der Waals surface area contributed by atoms with E-state index in [1.807, 2.05) is 19.2 Å². The quantitative estimate of drug-likeness (QED) is 0.233. The van der Waals surface area contributed by atoms with Crippen LogP contribution in [-0.2, 0) is 12.1 Å². The zero-order valence-electron chi connectivity index (χ0n) is 23.7. The zero-order chi connectivity index (χ0) is 30.4. The molecule has 3 aromatic rings. The summed E-state index contributed by atoms with van der Waals surface area (Å²) in [6, 6.07) is 13.0. The third-order valence-corrected chi connectivity index (χ3v) is 7.89. The lowest BCUT2D eigenvalue weighted by molar-refractivity contribution is -0.0566. The molecule has 0 radical (unpaired) electrons. The number of amides is 2. The van der Waals surface area contributed by atoms with Crippen molar-refractivity contribution < 1.29 is 33.0 Å². The number of aliphatic hydroxyl groups is 1. The van der Waals surface area contributed by atoms with Crippen molar-refractivity contribution in [1.82, 2.24) is 15.5 Å². The number of carboxylic acid groups (broad SMARTS) is 1. The number of carbonyl (C=O) groups excluding carboxylic acids is 1. The minimum absolute atomic E-state index is 0.0160. The lowest BCUT2D eigenvalue weighted by Crippen LogP contribution is -2.48. The molecule has 10 heteroatoms. The summed E-state index contributed by atoms with van der Waals surface area (Å²) in [6.07, 6.45) is -0.235. The molecule has 2 amide bonds. The van der Waals surface area contributed by atoms with Crippen LogP contribution in [0.5, 0.6) is 0 Å². The molecule has 4 N–H and O–H groups in total. The van der Waals surface area contributed by atoms with Crippen LogP contribution in [0.4, 0.5) is 18.0 Å². The summed E-state index contributed by atoms with van der Waals surface area (Å²) < 4.78 is 45.4. The van der Waals surface area contributed by atoms with Gasteiger partial charge in [-0.2, -0.15) is 0 Å². The Morgan fingerprint density at radius 3 is 2.48 bits per heavy atom. The lowest BCUT2D eigenvalue weighted by Gasteiger charge is -2.43. The van der Waals surface area contributed by atoms with Gasteiger partial charge in [-0.25, -0.2) is 18.0 Å². The van der Waals surface area contributed by atoms with Crippen molar-refractivity contribution in [3.05, 3.63) is 94.3 Å². The Morgan fingerprint density at radius 1 is 1.05 bits per heavy atom. The smallest absolute Gasteiger partial charge is 0.404 e. The number of nitrogens with one attached hydrogen (secondary N) is 2. The van der Waals surface area contributed by atoms with E-state index < -0.39 is 35.1 Å². The monoisotopic (exact) mass is 583 g/mol. The van der Waals surface area contributed by atoms with Crippen LogP contribution in [0.3, 0.4) is 0 Å². The fraction of sp³-hybridized carbons (Fsp3) is 0.375. The number of aryl methyl sites for hydroxylation is 1. The summed E-state index contributed by atoms with van der Waals surface area (Å²) in [5, 5.41) is 26.7. The second-order valence-electron chi connectivity index (χ2n) is 10.9. The maximum atomic E-state index is 15.5. The Labute approximate surface area is 243 Å². The molecule has 2 atom stereocenters. The molecule has 1 aliphatic heterocycles. The van der Waals surface area contributed by atoms with Gasteiger partial charge in [0.2, 0.25) is 0 Å². The molecular formula is C32H36F3N3O4. The van der Waals surface area contributed by atoms with Crippen molar-refractivity contribution in [3.63, 3.8) is 0 Å². The normalized spacial score (nSPS) is 16.6. The van der Waals surface area contributed by atoms with E-state index in [-0.39, 0.29) is 48.5 Å². The highest BCUT2D eigenvalue weighted by Gasteiger charge is 2.44. The summed E-state index contributed by atoms with van der Waals surface area (Å²) in [5.74, 6) is -3.60. The Hall–Kier alpha value is -3.89. The first-order valence-corrected chi connectivity index (χ1v) is 14.0. The molecule has 1 fully saturated rings. The number of benzene rings is 3. The predicted molar refractivity (Wildman–Crippen MR) is 153 cm³/mol. The number of piperidine rings is 1. The number of carbonyl (C=O) groups is 2. The van der Waals surface area contributed by atoms with Crippen LogP contribution in [0.1, 0.15) is 52.7 Å². The maximum absolute atomic E-state index is 15.5. The van der Waals surface area contributed by atoms with E-state index in [2.05, 4.69) is 10.6 Å². The van der Waals surface area contributed by atoms with Crippen LogP contribution in [0, 0.1) is 30.3 Å². The van der Waals surface area contributed by atoms with Crippen molar-refractivity contribution in [2.45, 2.75) is 44.8 Å². The van der Waals surface area contributed by atoms with E-state index in [1.165, 1.54) is 18.2 Å². The molecule has 3 aromatic carbocycles. The Kier molecular flexibility index (Phi) is 9.90. The Balaban J connectivity index is 1.75. The van der Waals surface area contributed by atoms with E-state index >= 15 is 8.78 Å². The van der Waals surface area contributed by atoms with Crippen molar-refractivity contribution in [1.29, 1.82) is 0 Å². The van der Waals surface area contributed by atoms with Gasteiger partial charge in [0.15, 0.2) is 0 Å². The van der Waals surface area contributed by atoms with E-state index in [0.717, 1.165) is 11.6 Å². The van der Waals surface area contributed by atoms with Crippen LogP contribution >= 0.6 is 0 Å². The van der Waals surface area contributed by atoms with Crippen molar-refractivity contribution in [3.8, 4) is 11.1 Å². The topological polar surface area (TPSA) is 102 Å². The van der Waals surface area contributed by atoms with Crippen LogP contribution in [0.15, 0.2) is 54.6 Å². The number of hydrogen-bond acceptors (Lipinski definition) is 4. The molecule has 1 unspecified atom stereocenters. The number of rotatable bonds is 10. The summed E-state index contributed by atoms with van der Waals surface area (Å²) in [7, 11) is 1.83. The maximum Gasteiger partial charge on any atom is 0.404 e. The minimum atomic E-state index is -1.91. The molecule has 1 aliphatic rings. The molecule has 224 valence electrons. The molecule has 0 saturated carbocycles. The summed E-state index contributed by atoms with van der Waals surface area (Å²) >= 11 is 0. The van der Waals surface area contributed by atoms with Gasteiger partial charge in [-0.15, -0.1) is 0 Å². The minimum Gasteiger partial charge on any atom is -0.465 e. The molecule has 1 heterocycles. The van der Waals surface area contributed by atoms with Crippen molar-refractivity contribution in [2.75, 3.05) is 26.7 Å². The lowest BCUT2D eigenvalue weighted by atomic mass is 9.72. The Morgan fingerprint density at radius 2 is 1.79 bits per heavy atom. The van der Waals surface area contributed by atoms with Crippen molar-refractivity contribution in [2.24, 2.45) is 5.92 Å². The van der Waals surface area contributed by atoms with Gasteiger partial charge in [0, 0.05) is 54.9 Å². The van der Waals surface area contributed by atoms with Crippen LogP contribution in [0.2, 0.25) is 0 Å². The molecule has 1 saturated heterocycles. The molecule has 0 aromatic heterocycles. The van der Waals surface area contributed by atoms with Crippen LogP contribution in [0.25, 0.3) is 11.1 Å². The summed E-state index contributed by atoms with van der Waals surface area (Å²) in [5.41, 5.74) is -0.279. The largest absolute Gasteiger partial charge is 0.465 e.